The first-order valence-electron chi connectivity index (χ1n) is 5.28. The van der Waals surface area contributed by atoms with E-state index in [1.807, 2.05) is 12.4 Å². The van der Waals surface area contributed by atoms with E-state index < -0.39 is 16.1 Å². The molecule has 0 radical (unpaired) electrons. The zero-order valence-electron chi connectivity index (χ0n) is 10.5. The van der Waals surface area contributed by atoms with Gasteiger partial charge in [0.2, 0.25) is 0 Å². The Hall–Kier alpha value is -0.126. The van der Waals surface area contributed by atoms with Crippen LogP contribution in [0.4, 0.5) is 0 Å². The number of hydrogen-bond acceptors (Lipinski definition) is 1. The summed E-state index contributed by atoms with van der Waals surface area (Å²) < 4.78 is 0. The highest BCUT2D eigenvalue weighted by atomic mass is 35.5. The van der Waals surface area contributed by atoms with Gasteiger partial charge in [0.25, 0.3) is 0 Å². The molecular weight excluding hydrogens is 238 g/mol. The molecule has 0 atom stereocenters. The Morgan fingerprint density at radius 3 is 1.47 bits per heavy atom. The molecule has 0 saturated carbocycles. The predicted molar refractivity (Wildman–Crippen MR) is 75.2 cm³/mol. The maximum atomic E-state index is 6.51. The number of nitrogens with zero attached hydrogens (tertiary/aromatic N) is 1. The third-order valence-corrected chi connectivity index (χ3v) is 7.21. The zero-order chi connectivity index (χ0) is 11.9. The van der Waals surface area contributed by atoms with Gasteiger partial charge in [0.15, 0.2) is 0 Å². The molecule has 0 amide bonds. The lowest BCUT2D eigenvalue weighted by Crippen LogP contribution is -2.47. The smallest absolute Gasteiger partial charge is 0.0815 e. The van der Waals surface area contributed by atoms with Crippen LogP contribution in [-0.2, 0) is 0 Å². The standard InChI is InChI=1S/C11H20ClNSi2/c1-14(2,3)9-7-13-8-10(11(9)12)15(4,5)6/h7-8H,1-6H3. The Morgan fingerprint density at radius 1 is 0.867 bits per heavy atom. The lowest BCUT2D eigenvalue weighted by molar-refractivity contribution is 1.35. The third-order valence-electron chi connectivity index (χ3n) is 2.50. The summed E-state index contributed by atoms with van der Waals surface area (Å²) in [5.41, 5.74) is 0. The predicted octanol–water partition coefficient (Wildman–Crippen LogP) is 2.83. The minimum atomic E-state index is -1.36. The highest BCUT2D eigenvalue weighted by Gasteiger charge is 2.26. The first-order valence-corrected chi connectivity index (χ1v) is 12.7. The van der Waals surface area contributed by atoms with E-state index in [9.17, 15) is 0 Å². The van der Waals surface area contributed by atoms with E-state index in [0.29, 0.717) is 0 Å². The first-order chi connectivity index (χ1) is 6.64. The van der Waals surface area contributed by atoms with Gasteiger partial charge in [-0.3, -0.25) is 4.98 Å². The molecule has 15 heavy (non-hydrogen) atoms. The van der Waals surface area contributed by atoms with Crippen molar-refractivity contribution in [2.45, 2.75) is 39.3 Å². The van der Waals surface area contributed by atoms with Crippen molar-refractivity contribution in [3.8, 4) is 0 Å². The summed E-state index contributed by atoms with van der Waals surface area (Å²) >= 11 is 6.51. The largest absolute Gasteiger partial charge is 0.265 e. The summed E-state index contributed by atoms with van der Waals surface area (Å²) in [5, 5.41) is 3.58. The topological polar surface area (TPSA) is 12.9 Å². The van der Waals surface area contributed by atoms with Crippen LogP contribution in [0.5, 0.6) is 0 Å². The van der Waals surface area contributed by atoms with Gasteiger partial charge in [-0.1, -0.05) is 50.9 Å². The molecule has 0 fully saturated rings. The summed E-state index contributed by atoms with van der Waals surface area (Å²) in [6.07, 6.45) is 3.91. The van der Waals surface area contributed by atoms with Crippen LogP contribution in [0.25, 0.3) is 0 Å². The van der Waals surface area contributed by atoms with Crippen LogP contribution in [0.3, 0.4) is 0 Å². The molecule has 1 heterocycles. The lowest BCUT2D eigenvalue weighted by Gasteiger charge is -2.24. The summed E-state index contributed by atoms with van der Waals surface area (Å²) in [4.78, 5) is 4.36. The Morgan fingerprint density at radius 2 is 1.20 bits per heavy atom. The minimum absolute atomic E-state index is 0.989. The van der Waals surface area contributed by atoms with Crippen molar-refractivity contribution in [3.05, 3.63) is 17.4 Å². The van der Waals surface area contributed by atoms with Crippen molar-refractivity contribution in [3.63, 3.8) is 0 Å². The molecule has 0 aromatic carbocycles. The normalized spacial score (nSPS) is 13.0. The summed E-state index contributed by atoms with van der Waals surface area (Å²) in [6.45, 7) is 13.9. The molecule has 0 saturated heterocycles. The second-order valence-electron chi connectivity index (χ2n) is 6.05. The lowest BCUT2D eigenvalue weighted by atomic mass is 10.5. The van der Waals surface area contributed by atoms with Gasteiger partial charge in [-0.2, -0.15) is 0 Å². The maximum Gasteiger partial charge on any atom is 0.0815 e. The molecule has 84 valence electrons. The van der Waals surface area contributed by atoms with E-state index in [1.54, 1.807) is 0 Å². The molecule has 4 heteroatoms. The van der Waals surface area contributed by atoms with E-state index >= 15 is 0 Å². The third kappa shape index (κ3) is 2.92. The fraction of sp³-hybridized carbons (Fsp3) is 0.545. The van der Waals surface area contributed by atoms with Gasteiger partial charge < -0.3 is 0 Å². The van der Waals surface area contributed by atoms with Gasteiger partial charge in [0.05, 0.1) is 16.1 Å². The molecule has 1 aromatic rings. The average molecular weight is 258 g/mol. The molecule has 1 aromatic heterocycles. The molecule has 1 rings (SSSR count). The van der Waals surface area contributed by atoms with Crippen LogP contribution in [-0.4, -0.2) is 21.1 Å². The van der Waals surface area contributed by atoms with Crippen LogP contribution in [0.2, 0.25) is 44.3 Å². The van der Waals surface area contributed by atoms with Crippen LogP contribution in [0.15, 0.2) is 12.4 Å². The van der Waals surface area contributed by atoms with Crippen molar-refractivity contribution < 1.29 is 0 Å². The van der Waals surface area contributed by atoms with Crippen molar-refractivity contribution >= 4 is 38.1 Å². The molecule has 0 aliphatic rings. The van der Waals surface area contributed by atoms with E-state index in [4.69, 9.17) is 11.6 Å². The number of halogens is 1. The van der Waals surface area contributed by atoms with Gasteiger partial charge in [0.1, 0.15) is 0 Å². The monoisotopic (exact) mass is 257 g/mol. The van der Waals surface area contributed by atoms with E-state index in [1.165, 1.54) is 10.4 Å². The average Bonchev–Trinajstić information content (AvgIpc) is 1.99. The summed E-state index contributed by atoms with van der Waals surface area (Å²) in [5.74, 6) is 0. The van der Waals surface area contributed by atoms with E-state index in [-0.39, 0.29) is 0 Å². The fourth-order valence-electron chi connectivity index (χ4n) is 1.49. The molecule has 0 bridgehead atoms. The first kappa shape index (κ1) is 12.9. The molecular formula is C11H20ClNSi2. The minimum Gasteiger partial charge on any atom is -0.265 e. The number of pyridine rings is 1. The van der Waals surface area contributed by atoms with Crippen LogP contribution < -0.4 is 10.4 Å². The molecule has 0 aliphatic carbocycles. The van der Waals surface area contributed by atoms with Crippen LogP contribution >= 0.6 is 11.6 Å². The highest BCUT2D eigenvalue weighted by molar-refractivity contribution is 6.94. The summed E-state index contributed by atoms with van der Waals surface area (Å²) in [7, 11) is -2.72. The van der Waals surface area contributed by atoms with Gasteiger partial charge in [-0.25, -0.2) is 0 Å². The van der Waals surface area contributed by atoms with E-state index in [0.717, 1.165) is 5.02 Å². The van der Waals surface area contributed by atoms with Gasteiger partial charge in [-0.15, -0.1) is 0 Å². The SMILES string of the molecule is C[Si](C)(C)c1cncc([Si](C)(C)C)c1Cl. The molecule has 0 spiro atoms. The van der Waals surface area contributed by atoms with Gasteiger partial charge in [-0.05, 0) is 10.4 Å². The van der Waals surface area contributed by atoms with Gasteiger partial charge in [0, 0.05) is 17.4 Å². The highest BCUT2D eigenvalue weighted by Crippen LogP contribution is 2.13. The number of aromatic nitrogens is 1. The van der Waals surface area contributed by atoms with Crippen molar-refractivity contribution in [1.29, 1.82) is 0 Å². The number of rotatable bonds is 2. The Bertz CT molecular complexity index is 332. The summed E-state index contributed by atoms with van der Waals surface area (Å²) in [6, 6.07) is 0. The molecule has 0 N–H and O–H groups in total. The van der Waals surface area contributed by atoms with E-state index in [2.05, 4.69) is 44.3 Å². The molecule has 0 unspecified atom stereocenters. The van der Waals surface area contributed by atoms with Crippen LogP contribution in [0, 0.1) is 0 Å². The second kappa shape index (κ2) is 4.03. The maximum absolute atomic E-state index is 6.51. The van der Waals surface area contributed by atoms with Crippen LogP contribution in [0.1, 0.15) is 0 Å². The van der Waals surface area contributed by atoms with Gasteiger partial charge >= 0.3 is 0 Å². The Labute approximate surface area is 99.9 Å². The van der Waals surface area contributed by atoms with Crippen molar-refractivity contribution in [1.82, 2.24) is 4.98 Å². The second-order valence-corrected chi connectivity index (χ2v) is 16.5. The Balaban J connectivity index is 3.37. The quantitative estimate of drug-likeness (QED) is 0.743. The molecule has 1 nitrogen and oxygen atoms in total. The Kier molecular flexibility index (Phi) is 3.48. The fourth-order valence-corrected chi connectivity index (χ4v) is 5.92. The zero-order valence-corrected chi connectivity index (χ0v) is 13.2. The van der Waals surface area contributed by atoms with Crippen molar-refractivity contribution in [2.24, 2.45) is 0 Å². The number of hydrogen-bond donors (Lipinski definition) is 0. The van der Waals surface area contributed by atoms with Crippen molar-refractivity contribution in [2.75, 3.05) is 0 Å². The molecule has 0 aliphatic heterocycles.